The Kier molecular flexibility index (Phi) is 5.16. The number of carbonyl (C=O) groups is 1. The number of nitrogens with zero attached hydrogens (tertiary/aromatic N) is 2. The molecule has 1 spiro atoms. The third-order valence-electron chi connectivity index (χ3n) is 6.50. The predicted octanol–water partition coefficient (Wildman–Crippen LogP) is 6.87. The topological polar surface area (TPSA) is 32.7 Å². The highest BCUT2D eigenvalue weighted by Crippen LogP contribution is 2.52. The van der Waals surface area contributed by atoms with E-state index in [2.05, 4.69) is 47.8 Å². The summed E-state index contributed by atoms with van der Waals surface area (Å²) in [5.74, 6) is 0.852. The molecule has 0 aliphatic carbocycles. The Morgan fingerprint density at radius 3 is 2.33 bits per heavy atom. The summed E-state index contributed by atoms with van der Waals surface area (Å²) in [7, 11) is 0. The quantitative estimate of drug-likeness (QED) is 0.330. The van der Waals surface area contributed by atoms with Crippen molar-refractivity contribution in [3.63, 3.8) is 0 Å². The Bertz CT molecular complexity index is 1320. The fourth-order valence-electron chi connectivity index (χ4n) is 5.04. The molecule has 0 N–H and O–H groups in total. The summed E-state index contributed by atoms with van der Waals surface area (Å²) < 4.78 is 0. The van der Waals surface area contributed by atoms with Gasteiger partial charge in [-0.3, -0.25) is 9.80 Å². The molecule has 5 heteroatoms. The summed E-state index contributed by atoms with van der Waals surface area (Å²) in [6.07, 6.45) is 0.711. The fraction of sp³-hybridized carbons (Fsp3) is 0.143. The maximum absolute atomic E-state index is 14.6. The van der Waals surface area contributed by atoms with Crippen molar-refractivity contribution in [1.29, 1.82) is 0 Å². The molecule has 0 saturated heterocycles. The highest BCUT2D eigenvalue weighted by atomic mass is 32.2. The number of ketones is 1. The molecule has 1 aromatic heterocycles. The number of hydrogen-bond donors (Lipinski definition) is 0. The molecule has 3 heterocycles. The fourth-order valence-corrected chi connectivity index (χ4v) is 7.08. The van der Waals surface area contributed by atoms with Crippen LogP contribution in [0.2, 0.25) is 0 Å². The first-order valence-corrected chi connectivity index (χ1v) is 12.9. The second kappa shape index (κ2) is 8.32. The van der Waals surface area contributed by atoms with Crippen molar-refractivity contribution in [2.45, 2.75) is 22.8 Å². The summed E-state index contributed by atoms with van der Waals surface area (Å²) >= 11 is 3.48. The van der Waals surface area contributed by atoms with Crippen LogP contribution in [0, 0.1) is 0 Å². The molecule has 0 fully saturated rings. The number of anilines is 1. The number of thioether (sulfide) groups is 1. The van der Waals surface area contributed by atoms with Crippen molar-refractivity contribution >= 4 is 40.3 Å². The molecular formula is C28H22N2OS2. The second-order valence-electron chi connectivity index (χ2n) is 8.30. The third-order valence-corrected chi connectivity index (χ3v) is 8.51. The number of para-hydroxylation sites is 1. The molecule has 0 radical (unpaired) electrons. The minimum absolute atomic E-state index is 0.153. The van der Waals surface area contributed by atoms with Crippen molar-refractivity contribution < 1.29 is 4.79 Å². The van der Waals surface area contributed by atoms with E-state index in [-0.39, 0.29) is 11.7 Å². The van der Waals surface area contributed by atoms with Crippen LogP contribution in [0.4, 0.5) is 5.69 Å². The van der Waals surface area contributed by atoms with Crippen molar-refractivity contribution in [2.75, 3.05) is 10.8 Å². The smallest absolute Gasteiger partial charge is 0.192 e. The zero-order chi connectivity index (χ0) is 22.3. The second-order valence-corrected chi connectivity index (χ2v) is 10.4. The molecule has 2 atom stereocenters. The summed E-state index contributed by atoms with van der Waals surface area (Å²) in [5, 5.41) is 9.36. The van der Waals surface area contributed by atoms with Gasteiger partial charge in [0.25, 0.3) is 0 Å². The van der Waals surface area contributed by atoms with Gasteiger partial charge in [-0.2, -0.15) is 5.10 Å². The number of thiophene rings is 1. The highest BCUT2D eigenvalue weighted by molar-refractivity contribution is 7.99. The molecule has 3 aromatic carbocycles. The first kappa shape index (κ1) is 20.5. The molecule has 6 rings (SSSR count). The van der Waals surface area contributed by atoms with Crippen LogP contribution in [-0.2, 0) is 0 Å². The van der Waals surface area contributed by atoms with Gasteiger partial charge in [-0.15, -0.1) is 23.1 Å². The molecule has 3 nitrogen and oxygen atoms in total. The van der Waals surface area contributed by atoms with E-state index in [9.17, 15) is 4.79 Å². The lowest BCUT2D eigenvalue weighted by Crippen LogP contribution is -2.54. The summed E-state index contributed by atoms with van der Waals surface area (Å²) in [4.78, 5) is 16.8. The van der Waals surface area contributed by atoms with Crippen molar-refractivity contribution in [3.8, 4) is 0 Å². The van der Waals surface area contributed by atoms with E-state index >= 15 is 0 Å². The molecule has 0 saturated carbocycles. The van der Waals surface area contributed by atoms with Crippen LogP contribution in [-0.4, -0.2) is 22.8 Å². The molecule has 0 amide bonds. The lowest BCUT2D eigenvalue weighted by atomic mass is 9.72. The number of hydrazone groups is 1. The number of carbonyl (C=O) groups excluding carboxylic acids is 1. The van der Waals surface area contributed by atoms with Gasteiger partial charge in [-0.05, 0) is 41.6 Å². The molecule has 2 aliphatic heterocycles. The van der Waals surface area contributed by atoms with Crippen molar-refractivity contribution in [2.24, 2.45) is 5.10 Å². The van der Waals surface area contributed by atoms with Crippen molar-refractivity contribution in [3.05, 3.63) is 118 Å². The van der Waals surface area contributed by atoms with Crippen LogP contribution in [0.1, 0.15) is 33.1 Å². The van der Waals surface area contributed by atoms with Gasteiger partial charge in [-0.25, -0.2) is 0 Å². The summed E-state index contributed by atoms with van der Waals surface area (Å²) in [5.41, 5.74) is 2.94. The molecule has 0 unspecified atom stereocenters. The monoisotopic (exact) mass is 466 g/mol. The van der Waals surface area contributed by atoms with Gasteiger partial charge in [0.15, 0.2) is 5.78 Å². The SMILES string of the molecule is O=C1c2ccccc2SCC[C@@]12[C@H](c1cccs1)C(c1ccccc1)=NN2c1ccccc1. The molecule has 162 valence electrons. The minimum Gasteiger partial charge on any atom is -0.291 e. The van der Waals surface area contributed by atoms with Crippen LogP contribution < -0.4 is 5.01 Å². The normalized spacial score (nSPS) is 22.2. The molecular weight excluding hydrogens is 444 g/mol. The van der Waals surface area contributed by atoms with E-state index in [1.807, 2.05) is 59.6 Å². The summed E-state index contributed by atoms with van der Waals surface area (Å²) in [6, 6.07) is 32.7. The zero-order valence-corrected chi connectivity index (χ0v) is 19.6. The number of Topliss-reactive ketones (excluding diaryl/α,β-unsaturated/α-hetero) is 1. The van der Waals surface area contributed by atoms with E-state index in [4.69, 9.17) is 5.10 Å². The van der Waals surface area contributed by atoms with Gasteiger partial charge in [0.1, 0.15) is 5.54 Å². The van der Waals surface area contributed by atoms with E-state index in [0.717, 1.165) is 33.2 Å². The van der Waals surface area contributed by atoms with Gasteiger partial charge in [0.05, 0.1) is 17.3 Å². The lowest BCUT2D eigenvalue weighted by Gasteiger charge is -2.40. The van der Waals surface area contributed by atoms with Crippen LogP contribution in [0.3, 0.4) is 0 Å². The van der Waals surface area contributed by atoms with Crippen LogP contribution in [0.25, 0.3) is 0 Å². The molecule has 4 aromatic rings. The third kappa shape index (κ3) is 3.26. The first-order chi connectivity index (χ1) is 16.3. The van der Waals surface area contributed by atoms with Crippen LogP contribution in [0.15, 0.2) is 112 Å². The number of fused-ring (bicyclic) bond motifs is 1. The molecule has 2 aliphatic rings. The van der Waals surface area contributed by atoms with E-state index in [1.54, 1.807) is 23.1 Å². The van der Waals surface area contributed by atoms with Gasteiger partial charge in [0.2, 0.25) is 0 Å². The van der Waals surface area contributed by atoms with Gasteiger partial charge in [0, 0.05) is 21.1 Å². The summed E-state index contributed by atoms with van der Waals surface area (Å²) in [6.45, 7) is 0. The zero-order valence-electron chi connectivity index (χ0n) is 17.9. The predicted molar refractivity (Wildman–Crippen MR) is 138 cm³/mol. The molecule has 0 bridgehead atoms. The first-order valence-electron chi connectivity index (χ1n) is 11.1. The van der Waals surface area contributed by atoms with E-state index in [0.29, 0.717) is 6.42 Å². The Labute approximate surface area is 201 Å². The Hall–Kier alpha value is -3.15. The largest absolute Gasteiger partial charge is 0.291 e. The Morgan fingerprint density at radius 1 is 0.848 bits per heavy atom. The van der Waals surface area contributed by atoms with Crippen LogP contribution >= 0.6 is 23.1 Å². The van der Waals surface area contributed by atoms with Crippen molar-refractivity contribution in [1.82, 2.24) is 0 Å². The Balaban J connectivity index is 1.64. The number of rotatable bonds is 3. The van der Waals surface area contributed by atoms with E-state index in [1.165, 1.54) is 4.88 Å². The number of benzene rings is 3. The number of hydrogen-bond acceptors (Lipinski definition) is 5. The maximum atomic E-state index is 14.6. The Morgan fingerprint density at radius 2 is 1.58 bits per heavy atom. The standard InChI is InChI=1S/C28H22N2OS2/c31-27-22-14-7-8-15-23(22)33-19-17-28(27)25(24-16-9-18-32-24)26(20-10-3-1-4-11-20)29-30(28)21-12-5-2-6-13-21/h1-16,18,25H,17,19H2/t25-,28-/m1/s1. The van der Waals surface area contributed by atoms with E-state index < -0.39 is 5.54 Å². The van der Waals surface area contributed by atoms with Crippen LogP contribution in [0.5, 0.6) is 0 Å². The average Bonchev–Trinajstić information content (AvgIpc) is 3.48. The average molecular weight is 467 g/mol. The maximum Gasteiger partial charge on any atom is 0.192 e. The molecule has 33 heavy (non-hydrogen) atoms. The lowest BCUT2D eigenvalue weighted by molar-refractivity contribution is 0.0875. The van der Waals surface area contributed by atoms with Gasteiger partial charge < -0.3 is 0 Å². The van der Waals surface area contributed by atoms with Gasteiger partial charge >= 0.3 is 0 Å². The van der Waals surface area contributed by atoms with Gasteiger partial charge in [-0.1, -0.05) is 72.8 Å². The highest BCUT2D eigenvalue weighted by Gasteiger charge is 2.58. The minimum atomic E-state index is -0.822.